The highest BCUT2D eigenvalue weighted by Gasteiger charge is 2.19. The van der Waals surface area contributed by atoms with Crippen LogP contribution in [0.1, 0.15) is 35.8 Å². The zero-order valence-electron chi connectivity index (χ0n) is 12.2. The molecule has 0 saturated heterocycles. The Morgan fingerprint density at radius 2 is 1.77 bits per heavy atom. The lowest BCUT2D eigenvalue weighted by molar-refractivity contribution is 0.101. The van der Waals surface area contributed by atoms with Crippen molar-refractivity contribution < 1.29 is 13.2 Å². The summed E-state index contributed by atoms with van der Waals surface area (Å²) in [6.07, 6.45) is 0. The SMILES string of the molecule is CC(=O)c1cccc(S(=O)(=O)N[C@@H](C)c2ccc(Br)cc2)c1. The van der Waals surface area contributed by atoms with E-state index in [0.29, 0.717) is 5.56 Å². The summed E-state index contributed by atoms with van der Waals surface area (Å²) in [6.45, 7) is 3.18. The molecule has 0 spiro atoms. The number of hydrogen-bond donors (Lipinski definition) is 1. The van der Waals surface area contributed by atoms with Gasteiger partial charge in [-0.05, 0) is 43.7 Å². The van der Waals surface area contributed by atoms with E-state index in [1.807, 2.05) is 24.3 Å². The Balaban J connectivity index is 2.25. The third-order valence-electron chi connectivity index (χ3n) is 3.25. The number of ketones is 1. The van der Waals surface area contributed by atoms with Crippen molar-refractivity contribution in [1.29, 1.82) is 0 Å². The molecular weight excluding hydrogens is 366 g/mol. The molecule has 2 aromatic carbocycles. The minimum absolute atomic E-state index is 0.0872. The first-order chi connectivity index (χ1) is 10.3. The van der Waals surface area contributed by atoms with Gasteiger partial charge in [0.25, 0.3) is 0 Å². The van der Waals surface area contributed by atoms with E-state index in [-0.39, 0.29) is 16.7 Å². The van der Waals surface area contributed by atoms with Crippen molar-refractivity contribution in [3.05, 3.63) is 64.1 Å². The summed E-state index contributed by atoms with van der Waals surface area (Å²) in [5.74, 6) is -0.169. The van der Waals surface area contributed by atoms with E-state index in [1.54, 1.807) is 19.1 Å². The average molecular weight is 382 g/mol. The fraction of sp³-hybridized carbons (Fsp3) is 0.188. The molecule has 4 nitrogen and oxygen atoms in total. The van der Waals surface area contributed by atoms with Gasteiger partial charge in [-0.3, -0.25) is 4.79 Å². The molecule has 0 aromatic heterocycles. The number of carbonyl (C=O) groups excluding carboxylic acids is 1. The summed E-state index contributed by atoms with van der Waals surface area (Å²) in [6, 6.07) is 13.1. The van der Waals surface area contributed by atoms with Crippen molar-refractivity contribution in [3.8, 4) is 0 Å². The van der Waals surface area contributed by atoms with Gasteiger partial charge in [-0.1, -0.05) is 40.2 Å². The monoisotopic (exact) mass is 381 g/mol. The Hall–Kier alpha value is -1.50. The first-order valence-corrected chi connectivity index (χ1v) is 8.96. The summed E-state index contributed by atoms with van der Waals surface area (Å²) < 4.78 is 28.4. The Labute approximate surface area is 138 Å². The number of hydrogen-bond acceptors (Lipinski definition) is 3. The summed E-state index contributed by atoms with van der Waals surface area (Å²) in [4.78, 5) is 11.5. The number of sulfonamides is 1. The van der Waals surface area contributed by atoms with Crippen LogP contribution < -0.4 is 4.72 Å². The van der Waals surface area contributed by atoms with Crippen LogP contribution in [0.25, 0.3) is 0 Å². The molecule has 0 radical (unpaired) electrons. The van der Waals surface area contributed by atoms with Gasteiger partial charge in [0.2, 0.25) is 10.0 Å². The molecule has 6 heteroatoms. The standard InChI is InChI=1S/C16H16BrNO3S/c1-11(13-6-8-15(17)9-7-13)18-22(20,21)16-5-3-4-14(10-16)12(2)19/h3-11,18H,1-2H3/t11-/m0/s1. The van der Waals surface area contributed by atoms with Crippen LogP contribution in [0.4, 0.5) is 0 Å². The van der Waals surface area contributed by atoms with Gasteiger partial charge in [-0.25, -0.2) is 13.1 Å². The lowest BCUT2D eigenvalue weighted by atomic mass is 10.1. The largest absolute Gasteiger partial charge is 0.295 e. The van der Waals surface area contributed by atoms with Gasteiger partial charge < -0.3 is 0 Å². The van der Waals surface area contributed by atoms with Crippen molar-refractivity contribution in [2.45, 2.75) is 24.8 Å². The predicted molar refractivity (Wildman–Crippen MR) is 89.3 cm³/mol. The van der Waals surface area contributed by atoms with Gasteiger partial charge in [-0.2, -0.15) is 0 Å². The molecule has 22 heavy (non-hydrogen) atoms. The number of halogens is 1. The zero-order chi connectivity index (χ0) is 16.3. The second-order valence-electron chi connectivity index (χ2n) is 4.98. The number of rotatable bonds is 5. The fourth-order valence-corrected chi connectivity index (χ4v) is 3.54. The summed E-state index contributed by atoms with van der Waals surface area (Å²) in [5.41, 5.74) is 1.23. The second-order valence-corrected chi connectivity index (χ2v) is 7.61. The molecule has 0 aliphatic heterocycles. The van der Waals surface area contributed by atoms with Crippen LogP contribution in [0.2, 0.25) is 0 Å². The van der Waals surface area contributed by atoms with E-state index < -0.39 is 10.0 Å². The van der Waals surface area contributed by atoms with E-state index in [9.17, 15) is 13.2 Å². The van der Waals surface area contributed by atoms with Gasteiger partial charge >= 0.3 is 0 Å². The van der Waals surface area contributed by atoms with E-state index in [4.69, 9.17) is 0 Å². The maximum Gasteiger partial charge on any atom is 0.241 e. The van der Waals surface area contributed by atoms with Crippen molar-refractivity contribution in [1.82, 2.24) is 4.72 Å². The van der Waals surface area contributed by atoms with E-state index in [1.165, 1.54) is 19.1 Å². The predicted octanol–water partition coefficient (Wildman–Crippen LogP) is 3.69. The summed E-state index contributed by atoms with van der Waals surface area (Å²) in [7, 11) is -3.69. The lowest BCUT2D eigenvalue weighted by Gasteiger charge is -2.15. The highest BCUT2D eigenvalue weighted by atomic mass is 79.9. The molecule has 0 saturated carbocycles. The average Bonchev–Trinajstić information content (AvgIpc) is 2.47. The van der Waals surface area contributed by atoms with Crippen LogP contribution in [-0.2, 0) is 10.0 Å². The van der Waals surface area contributed by atoms with Gasteiger partial charge in [0, 0.05) is 16.1 Å². The molecule has 0 fully saturated rings. The first-order valence-electron chi connectivity index (χ1n) is 6.68. The van der Waals surface area contributed by atoms with Crippen LogP contribution in [-0.4, -0.2) is 14.2 Å². The Kier molecular flexibility index (Phi) is 5.16. The Bertz CT molecular complexity index is 785. The quantitative estimate of drug-likeness (QED) is 0.803. The van der Waals surface area contributed by atoms with Crippen molar-refractivity contribution in [3.63, 3.8) is 0 Å². The second kappa shape index (κ2) is 6.73. The molecule has 1 atom stereocenters. The fourth-order valence-electron chi connectivity index (χ4n) is 2.00. The maximum absolute atomic E-state index is 12.4. The normalized spacial score (nSPS) is 12.9. The highest BCUT2D eigenvalue weighted by molar-refractivity contribution is 9.10. The minimum Gasteiger partial charge on any atom is -0.295 e. The van der Waals surface area contributed by atoms with Crippen molar-refractivity contribution in [2.24, 2.45) is 0 Å². The molecule has 0 unspecified atom stereocenters. The Morgan fingerprint density at radius 3 is 2.36 bits per heavy atom. The van der Waals surface area contributed by atoms with Crippen LogP contribution in [0.5, 0.6) is 0 Å². The third-order valence-corrected chi connectivity index (χ3v) is 5.32. The van der Waals surface area contributed by atoms with E-state index in [0.717, 1.165) is 10.0 Å². The molecule has 0 heterocycles. The van der Waals surface area contributed by atoms with Crippen LogP contribution in [0, 0.1) is 0 Å². The smallest absolute Gasteiger partial charge is 0.241 e. The van der Waals surface area contributed by atoms with Crippen LogP contribution in [0.15, 0.2) is 57.9 Å². The minimum atomic E-state index is -3.69. The summed E-state index contributed by atoms with van der Waals surface area (Å²) >= 11 is 3.34. The number of benzene rings is 2. The molecule has 2 rings (SSSR count). The molecule has 2 aromatic rings. The number of Topliss-reactive ketones (excluding diaryl/α,β-unsaturated/α-hetero) is 1. The molecule has 116 valence electrons. The maximum atomic E-state index is 12.4. The van der Waals surface area contributed by atoms with Crippen LogP contribution in [0.3, 0.4) is 0 Å². The molecular formula is C16H16BrNO3S. The van der Waals surface area contributed by atoms with Crippen molar-refractivity contribution in [2.75, 3.05) is 0 Å². The summed E-state index contributed by atoms with van der Waals surface area (Å²) in [5, 5.41) is 0. The zero-order valence-corrected chi connectivity index (χ0v) is 14.6. The molecule has 0 aliphatic rings. The molecule has 0 bridgehead atoms. The lowest BCUT2D eigenvalue weighted by Crippen LogP contribution is -2.27. The van der Waals surface area contributed by atoms with Gasteiger partial charge in [0.1, 0.15) is 0 Å². The van der Waals surface area contributed by atoms with Crippen molar-refractivity contribution >= 4 is 31.7 Å². The molecule has 0 aliphatic carbocycles. The number of carbonyl (C=O) groups is 1. The first kappa shape index (κ1) is 16.9. The number of nitrogens with one attached hydrogen (secondary N) is 1. The molecule has 0 amide bonds. The van der Waals surface area contributed by atoms with E-state index in [2.05, 4.69) is 20.7 Å². The van der Waals surface area contributed by atoms with E-state index >= 15 is 0 Å². The molecule has 1 N–H and O–H groups in total. The highest BCUT2D eigenvalue weighted by Crippen LogP contribution is 2.20. The topological polar surface area (TPSA) is 63.2 Å². The van der Waals surface area contributed by atoms with Gasteiger partial charge in [-0.15, -0.1) is 0 Å². The Morgan fingerprint density at radius 1 is 1.14 bits per heavy atom. The van der Waals surface area contributed by atoms with Gasteiger partial charge in [0.15, 0.2) is 5.78 Å². The van der Waals surface area contributed by atoms with Gasteiger partial charge in [0.05, 0.1) is 4.90 Å². The third kappa shape index (κ3) is 4.03. The van der Waals surface area contributed by atoms with Crippen LogP contribution >= 0.6 is 15.9 Å².